The fraction of sp³-hybridized carbons (Fsp3) is 0.129. The lowest BCUT2D eigenvalue weighted by atomic mass is 9.93. The fourth-order valence-corrected chi connectivity index (χ4v) is 4.61. The van der Waals surface area contributed by atoms with Crippen LogP contribution in [0.15, 0.2) is 91.1 Å². The number of hydrogen-bond acceptors (Lipinski definition) is 4. The maximum absolute atomic E-state index is 13.5. The monoisotopic (exact) mass is 522 g/mol. The van der Waals surface area contributed by atoms with Gasteiger partial charge < -0.3 is 15.8 Å². The number of ether oxygens (including phenoxy) is 1. The van der Waals surface area contributed by atoms with E-state index in [0.717, 1.165) is 5.56 Å². The molecule has 39 heavy (non-hydrogen) atoms. The van der Waals surface area contributed by atoms with E-state index in [9.17, 15) is 14.0 Å². The van der Waals surface area contributed by atoms with Crippen molar-refractivity contribution >= 4 is 17.5 Å². The van der Waals surface area contributed by atoms with E-state index in [0.29, 0.717) is 39.3 Å². The Balaban J connectivity index is 1.56. The van der Waals surface area contributed by atoms with Crippen LogP contribution in [0.5, 0.6) is 5.75 Å². The molecule has 2 amide bonds. The van der Waals surface area contributed by atoms with Gasteiger partial charge in [0.15, 0.2) is 0 Å². The summed E-state index contributed by atoms with van der Waals surface area (Å²) in [6.45, 7) is 3.89. The summed E-state index contributed by atoms with van der Waals surface area (Å²) >= 11 is 0. The lowest BCUT2D eigenvalue weighted by molar-refractivity contribution is 0.0911. The average molecular weight is 523 g/mol. The first-order chi connectivity index (χ1) is 18.7. The molecule has 0 unspecified atom stereocenters. The normalized spacial score (nSPS) is 11.4. The van der Waals surface area contributed by atoms with E-state index in [1.165, 1.54) is 12.1 Å². The van der Waals surface area contributed by atoms with Gasteiger partial charge in [0.25, 0.3) is 11.8 Å². The number of halogens is 1. The Bertz CT molecular complexity index is 1690. The molecule has 3 aromatic carbocycles. The highest BCUT2D eigenvalue weighted by Gasteiger charge is 2.24. The molecular weight excluding hydrogens is 495 g/mol. The van der Waals surface area contributed by atoms with Crippen molar-refractivity contribution in [2.45, 2.75) is 19.4 Å². The van der Waals surface area contributed by atoms with Crippen molar-refractivity contribution in [1.82, 2.24) is 14.7 Å². The van der Waals surface area contributed by atoms with Gasteiger partial charge in [-0.05, 0) is 74.0 Å². The van der Waals surface area contributed by atoms with Crippen molar-refractivity contribution in [3.05, 3.63) is 114 Å². The van der Waals surface area contributed by atoms with E-state index < -0.39 is 17.3 Å². The maximum atomic E-state index is 13.5. The maximum Gasteiger partial charge on any atom is 0.268 e. The number of carbonyl (C=O) groups excluding carboxylic acids is 2. The summed E-state index contributed by atoms with van der Waals surface area (Å²) in [4.78, 5) is 30.4. The van der Waals surface area contributed by atoms with Gasteiger partial charge in [-0.3, -0.25) is 14.0 Å². The number of nitrogens with one attached hydrogen (secondary N) is 1. The molecule has 2 heterocycles. The molecule has 2 aromatic heterocycles. The lowest BCUT2D eigenvalue weighted by Gasteiger charge is -2.27. The predicted octanol–water partition coefficient (Wildman–Crippen LogP) is 5.58. The molecule has 0 aliphatic rings. The Labute approximate surface area is 225 Å². The first-order valence-electron chi connectivity index (χ1n) is 12.3. The van der Waals surface area contributed by atoms with Crippen LogP contribution in [0.4, 0.5) is 4.39 Å². The Morgan fingerprint density at radius 1 is 0.949 bits per heavy atom. The SMILES string of the molecule is COc1ccc(C(=O)NC(C)(C)c2ccccc2)cc1-c1ccc2nc(-c3ccc(F)cc3)c(C(N)=O)n2c1. The van der Waals surface area contributed by atoms with Crippen LogP contribution in [-0.4, -0.2) is 28.3 Å². The van der Waals surface area contributed by atoms with E-state index >= 15 is 0 Å². The Kier molecular flexibility index (Phi) is 6.62. The van der Waals surface area contributed by atoms with Crippen molar-refractivity contribution in [3.8, 4) is 28.1 Å². The molecule has 0 saturated heterocycles. The summed E-state index contributed by atoms with van der Waals surface area (Å²) in [7, 11) is 1.55. The summed E-state index contributed by atoms with van der Waals surface area (Å²) in [5.74, 6) is -0.767. The Morgan fingerprint density at radius 3 is 2.31 bits per heavy atom. The standard InChI is InChI=1S/C31H27FN4O3/c1-31(2,22-7-5-4-6-8-22)35-30(38)20-11-15-25(39-3)24(17-20)21-12-16-26-34-27(19-9-13-23(32)14-10-19)28(29(33)37)36(26)18-21/h4-18H,1-3H3,(H2,33,37)(H,35,38). The first kappa shape index (κ1) is 25.7. The number of rotatable bonds is 7. The highest BCUT2D eigenvalue weighted by Crippen LogP contribution is 2.33. The number of pyridine rings is 1. The van der Waals surface area contributed by atoms with E-state index in [-0.39, 0.29) is 11.6 Å². The number of carbonyl (C=O) groups is 2. The zero-order chi connectivity index (χ0) is 27.7. The number of aromatic nitrogens is 2. The topological polar surface area (TPSA) is 98.7 Å². The van der Waals surface area contributed by atoms with Gasteiger partial charge in [0.05, 0.1) is 12.6 Å². The largest absolute Gasteiger partial charge is 0.496 e. The molecule has 0 saturated carbocycles. The number of benzene rings is 3. The minimum atomic E-state index is -0.679. The third kappa shape index (κ3) is 4.96. The summed E-state index contributed by atoms with van der Waals surface area (Å²) in [5.41, 5.74) is 9.49. The number of hydrogen-bond donors (Lipinski definition) is 2. The molecule has 8 heteroatoms. The molecule has 5 rings (SSSR count). The van der Waals surface area contributed by atoms with Crippen LogP contribution in [0, 0.1) is 5.82 Å². The van der Waals surface area contributed by atoms with Gasteiger partial charge in [-0.1, -0.05) is 30.3 Å². The number of amides is 2. The summed E-state index contributed by atoms with van der Waals surface area (Å²) in [6, 6.07) is 24.2. The number of imidazole rings is 1. The van der Waals surface area contributed by atoms with Crippen LogP contribution in [0.2, 0.25) is 0 Å². The molecule has 0 bridgehead atoms. The van der Waals surface area contributed by atoms with Gasteiger partial charge in [0.1, 0.15) is 28.6 Å². The molecular formula is C31H27FN4O3. The summed E-state index contributed by atoms with van der Waals surface area (Å²) < 4.78 is 20.7. The summed E-state index contributed by atoms with van der Waals surface area (Å²) in [5, 5.41) is 3.10. The second kappa shape index (κ2) is 10.1. The average Bonchev–Trinajstić information content (AvgIpc) is 3.32. The number of methoxy groups -OCH3 is 1. The fourth-order valence-electron chi connectivity index (χ4n) is 4.61. The smallest absolute Gasteiger partial charge is 0.268 e. The zero-order valence-corrected chi connectivity index (χ0v) is 21.7. The van der Waals surface area contributed by atoms with E-state index in [4.69, 9.17) is 10.5 Å². The first-order valence-corrected chi connectivity index (χ1v) is 12.3. The molecule has 0 aliphatic heterocycles. The molecule has 7 nitrogen and oxygen atoms in total. The van der Waals surface area contributed by atoms with Crippen molar-refractivity contribution < 1.29 is 18.7 Å². The van der Waals surface area contributed by atoms with Crippen molar-refractivity contribution in [3.63, 3.8) is 0 Å². The van der Waals surface area contributed by atoms with Crippen molar-refractivity contribution in [2.75, 3.05) is 7.11 Å². The number of nitrogens with two attached hydrogens (primary N) is 1. The van der Waals surface area contributed by atoms with Gasteiger partial charge in [0.2, 0.25) is 0 Å². The van der Waals surface area contributed by atoms with Crippen LogP contribution >= 0.6 is 0 Å². The highest BCUT2D eigenvalue weighted by molar-refractivity contribution is 5.99. The van der Waals surface area contributed by atoms with E-state index in [1.807, 2.05) is 50.2 Å². The summed E-state index contributed by atoms with van der Waals surface area (Å²) in [6.07, 6.45) is 1.73. The molecule has 0 aliphatic carbocycles. The second-order valence-corrected chi connectivity index (χ2v) is 9.69. The quantitative estimate of drug-likeness (QED) is 0.292. The van der Waals surface area contributed by atoms with Crippen LogP contribution in [0.25, 0.3) is 28.0 Å². The molecule has 5 aromatic rings. The lowest BCUT2D eigenvalue weighted by Crippen LogP contribution is -2.40. The van der Waals surface area contributed by atoms with E-state index in [1.54, 1.807) is 54.1 Å². The number of nitrogens with zero attached hydrogens (tertiary/aromatic N) is 2. The zero-order valence-electron chi connectivity index (χ0n) is 21.7. The van der Waals surface area contributed by atoms with Crippen LogP contribution < -0.4 is 15.8 Å². The number of fused-ring (bicyclic) bond motifs is 1. The molecule has 0 spiro atoms. The van der Waals surface area contributed by atoms with Crippen molar-refractivity contribution in [2.24, 2.45) is 5.73 Å². The Morgan fingerprint density at radius 2 is 1.64 bits per heavy atom. The molecule has 0 radical (unpaired) electrons. The van der Waals surface area contributed by atoms with Crippen LogP contribution in [0.3, 0.4) is 0 Å². The number of primary amides is 1. The molecule has 196 valence electrons. The van der Waals surface area contributed by atoms with Gasteiger partial charge in [-0.2, -0.15) is 0 Å². The molecule has 0 atom stereocenters. The van der Waals surface area contributed by atoms with Gasteiger partial charge in [-0.15, -0.1) is 0 Å². The molecule has 3 N–H and O–H groups in total. The minimum absolute atomic E-state index is 0.163. The highest BCUT2D eigenvalue weighted by atomic mass is 19.1. The molecule has 0 fully saturated rings. The van der Waals surface area contributed by atoms with Crippen LogP contribution in [0.1, 0.15) is 40.3 Å². The van der Waals surface area contributed by atoms with Crippen LogP contribution in [-0.2, 0) is 5.54 Å². The third-order valence-electron chi connectivity index (χ3n) is 6.66. The third-order valence-corrected chi connectivity index (χ3v) is 6.66. The van der Waals surface area contributed by atoms with Gasteiger partial charge >= 0.3 is 0 Å². The Hall–Kier alpha value is -4.98. The van der Waals surface area contributed by atoms with Gasteiger partial charge in [-0.25, -0.2) is 9.37 Å². The second-order valence-electron chi connectivity index (χ2n) is 9.69. The minimum Gasteiger partial charge on any atom is -0.496 e. The van der Waals surface area contributed by atoms with Crippen molar-refractivity contribution in [1.29, 1.82) is 0 Å². The predicted molar refractivity (Wildman–Crippen MR) is 148 cm³/mol. The van der Waals surface area contributed by atoms with Gasteiger partial charge in [0, 0.05) is 28.5 Å². The van der Waals surface area contributed by atoms with E-state index in [2.05, 4.69) is 10.3 Å².